The molecule has 0 radical (unpaired) electrons. The fourth-order valence-corrected chi connectivity index (χ4v) is 3.41. The SMILES string of the molecule is O=C(O)CCC(NC(=O)C1CSc2ccccc21)C(=O)O. The molecule has 0 saturated heterocycles. The van der Waals surface area contributed by atoms with E-state index in [0.29, 0.717) is 5.75 Å². The van der Waals surface area contributed by atoms with Gasteiger partial charge in [0.1, 0.15) is 6.04 Å². The quantitative estimate of drug-likeness (QED) is 0.732. The lowest BCUT2D eigenvalue weighted by molar-refractivity contribution is -0.143. The van der Waals surface area contributed by atoms with Crippen molar-refractivity contribution in [2.45, 2.75) is 29.7 Å². The molecule has 0 aliphatic carbocycles. The van der Waals surface area contributed by atoms with Gasteiger partial charge < -0.3 is 15.5 Å². The highest BCUT2D eigenvalue weighted by molar-refractivity contribution is 7.99. The predicted molar refractivity (Wildman–Crippen MR) is 76.3 cm³/mol. The van der Waals surface area contributed by atoms with Crippen molar-refractivity contribution in [3.63, 3.8) is 0 Å². The lowest BCUT2D eigenvalue weighted by Crippen LogP contribution is -2.43. The third kappa shape index (κ3) is 3.75. The van der Waals surface area contributed by atoms with Crippen LogP contribution in [0.1, 0.15) is 24.3 Å². The number of amides is 1. The Kier molecular flexibility index (Phi) is 4.85. The normalized spacial score (nSPS) is 17.8. The molecule has 1 aromatic rings. The standard InChI is InChI=1S/C14H15NO5S/c16-12(17)6-5-10(14(19)20)15-13(18)9-7-21-11-4-2-1-3-8(9)11/h1-4,9-10H,5-7H2,(H,15,18)(H,16,17)(H,19,20). The van der Waals surface area contributed by atoms with Crippen LogP contribution in [0.5, 0.6) is 0 Å². The first-order valence-electron chi connectivity index (χ1n) is 6.45. The van der Waals surface area contributed by atoms with Crippen LogP contribution in [-0.2, 0) is 14.4 Å². The minimum Gasteiger partial charge on any atom is -0.481 e. The van der Waals surface area contributed by atoms with Crippen molar-refractivity contribution in [3.8, 4) is 0 Å². The van der Waals surface area contributed by atoms with E-state index in [1.165, 1.54) is 0 Å². The Morgan fingerprint density at radius 1 is 1.29 bits per heavy atom. The van der Waals surface area contributed by atoms with E-state index >= 15 is 0 Å². The Morgan fingerprint density at radius 2 is 2.00 bits per heavy atom. The zero-order chi connectivity index (χ0) is 15.4. The molecule has 1 aliphatic rings. The topological polar surface area (TPSA) is 104 Å². The summed E-state index contributed by atoms with van der Waals surface area (Å²) in [7, 11) is 0. The second-order valence-electron chi connectivity index (χ2n) is 4.73. The van der Waals surface area contributed by atoms with Gasteiger partial charge in [-0.15, -0.1) is 11.8 Å². The van der Waals surface area contributed by atoms with Gasteiger partial charge in [-0.3, -0.25) is 9.59 Å². The van der Waals surface area contributed by atoms with Gasteiger partial charge in [0.15, 0.2) is 0 Å². The largest absolute Gasteiger partial charge is 0.481 e. The van der Waals surface area contributed by atoms with Crippen LogP contribution in [0.4, 0.5) is 0 Å². The van der Waals surface area contributed by atoms with E-state index in [9.17, 15) is 14.4 Å². The van der Waals surface area contributed by atoms with Crippen molar-refractivity contribution in [2.75, 3.05) is 5.75 Å². The van der Waals surface area contributed by atoms with Crippen LogP contribution >= 0.6 is 11.8 Å². The molecule has 2 atom stereocenters. The summed E-state index contributed by atoms with van der Waals surface area (Å²) in [5.74, 6) is -2.50. The van der Waals surface area contributed by atoms with Crippen molar-refractivity contribution in [1.29, 1.82) is 0 Å². The number of rotatable bonds is 6. The molecular formula is C14H15NO5S. The Bertz CT molecular complexity index is 574. The smallest absolute Gasteiger partial charge is 0.326 e. The lowest BCUT2D eigenvalue weighted by atomic mass is 10.00. The number of carbonyl (C=O) groups is 3. The third-order valence-corrected chi connectivity index (χ3v) is 4.46. The number of aliphatic carboxylic acids is 2. The zero-order valence-corrected chi connectivity index (χ0v) is 11.9. The van der Waals surface area contributed by atoms with Gasteiger partial charge in [0, 0.05) is 17.1 Å². The summed E-state index contributed by atoms with van der Waals surface area (Å²) in [5.41, 5.74) is 0.891. The highest BCUT2D eigenvalue weighted by Crippen LogP contribution is 2.39. The molecule has 0 bridgehead atoms. The summed E-state index contributed by atoms with van der Waals surface area (Å²) in [4.78, 5) is 34.9. The highest BCUT2D eigenvalue weighted by Gasteiger charge is 2.31. The molecule has 1 amide bonds. The Balaban J connectivity index is 2.03. The van der Waals surface area contributed by atoms with Gasteiger partial charge in [0.05, 0.1) is 5.92 Å². The average Bonchev–Trinajstić information content (AvgIpc) is 2.86. The second-order valence-corrected chi connectivity index (χ2v) is 5.80. The summed E-state index contributed by atoms with van der Waals surface area (Å²) in [5, 5.41) is 20.1. The molecule has 1 aromatic carbocycles. The number of carbonyl (C=O) groups excluding carboxylic acids is 1. The first-order valence-corrected chi connectivity index (χ1v) is 7.44. The molecule has 1 heterocycles. The van der Waals surface area contributed by atoms with E-state index in [0.717, 1.165) is 10.5 Å². The summed E-state index contributed by atoms with van der Waals surface area (Å²) >= 11 is 1.56. The fourth-order valence-electron chi connectivity index (χ4n) is 2.18. The van der Waals surface area contributed by atoms with E-state index in [1.807, 2.05) is 24.3 Å². The zero-order valence-electron chi connectivity index (χ0n) is 11.1. The van der Waals surface area contributed by atoms with Crippen molar-refractivity contribution in [3.05, 3.63) is 29.8 Å². The third-order valence-electron chi connectivity index (χ3n) is 3.28. The molecule has 2 unspecified atom stereocenters. The fraction of sp³-hybridized carbons (Fsp3) is 0.357. The molecule has 0 aromatic heterocycles. The number of thioether (sulfide) groups is 1. The number of nitrogens with one attached hydrogen (secondary N) is 1. The molecule has 21 heavy (non-hydrogen) atoms. The van der Waals surface area contributed by atoms with Gasteiger partial charge >= 0.3 is 11.9 Å². The molecule has 112 valence electrons. The van der Waals surface area contributed by atoms with Gasteiger partial charge in [0.25, 0.3) is 0 Å². The maximum atomic E-state index is 12.2. The first kappa shape index (κ1) is 15.4. The predicted octanol–water partition coefficient (Wildman–Crippen LogP) is 1.31. The average molecular weight is 309 g/mol. The second kappa shape index (κ2) is 6.62. The minimum absolute atomic E-state index is 0.127. The van der Waals surface area contributed by atoms with Crippen LogP contribution in [0.25, 0.3) is 0 Å². The number of fused-ring (bicyclic) bond motifs is 1. The minimum atomic E-state index is -1.22. The van der Waals surface area contributed by atoms with Crippen LogP contribution in [-0.4, -0.2) is 39.9 Å². The highest BCUT2D eigenvalue weighted by atomic mass is 32.2. The first-order chi connectivity index (χ1) is 9.99. The van der Waals surface area contributed by atoms with Crippen molar-refractivity contribution < 1.29 is 24.6 Å². The number of hydrogen-bond acceptors (Lipinski definition) is 4. The van der Waals surface area contributed by atoms with Gasteiger partial charge in [-0.1, -0.05) is 18.2 Å². The lowest BCUT2D eigenvalue weighted by Gasteiger charge is -2.17. The van der Waals surface area contributed by atoms with E-state index < -0.39 is 23.9 Å². The monoisotopic (exact) mass is 309 g/mol. The molecule has 1 aliphatic heterocycles. The van der Waals surface area contributed by atoms with Crippen LogP contribution < -0.4 is 5.32 Å². The number of carboxylic acids is 2. The summed E-state index contributed by atoms with van der Waals surface area (Å²) in [6, 6.07) is 6.33. The van der Waals surface area contributed by atoms with Gasteiger partial charge in [-0.2, -0.15) is 0 Å². The molecule has 3 N–H and O–H groups in total. The number of carboxylic acid groups (broad SMARTS) is 2. The van der Waals surface area contributed by atoms with Crippen molar-refractivity contribution in [1.82, 2.24) is 5.32 Å². The van der Waals surface area contributed by atoms with Gasteiger partial charge in [-0.25, -0.2) is 4.79 Å². The Labute approximate surface area is 125 Å². The molecule has 0 spiro atoms. The van der Waals surface area contributed by atoms with E-state index in [1.54, 1.807) is 11.8 Å². The molecule has 0 saturated carbocycles. The Hall–Kier alpha value is -2.02. The summed E-state index contributed by atoms with van der Waals surface area (Å²) < 4.78 is 0. The van der Waals surface area contributed by atoms with Crippen molar-refractivity contribution >= 4 is 29.6 Å². The molecule has 7 heteroatoms. The molecule has 2 rings (SSSR count). The maximum absolute atomic E-state index is 12.2. The Morgan fingerprint density at radius 3 is 2.67 bits per heavy atom. The summed E-state index contributed by atoms with van der Waals surface area (Å²) in [6.45, 7) is 0. The number of hydrogen-bond donors (Lipinski definition) is 3. The molecule has 6 nitrogen and oxygen atoms in total. The maximum Gasteiger partial charge on any atom is 0.326 e. The van der Waals surface area contributed by atoms with E-state index in [4.69, 9.17) is 10.2 Å². The van der Waals surface area contributed by atoms with Crippen LogP contribution in [0.3, 0.4) is 0 Å². The van der Waals surface area contributed by atoms with Crippen LogP contribution in [0, 0.1) is 0 Å². The van der Waals surface area contributed by atoms with Crippen LogP contribution in [0.15, 0.2) is 29.2 Å². The van der Waals surface area contributed by atoms with E-state index in [2.05, 4.69) is 5.32 Å². The number of benzene rings is 1. The van der Waals surface area contributed by atoms with Crippen molar-refractivity contribution in [2.24, 2.45) is 0 Å². The summed E-state index contributed by atoms with van der Waals surface area (Å²) in [6.07, 6.45) is -0.425. The molecule has 0 fully saturated rings. The van der Waals surface area contributed by atoms with Gasteiger partial charge in [0.2, 0.25) is 5.91 Å². The van der Waals surface area contributed by atoms with Gasteiger partial charge in [-0.05, 0) is 18.1 Å². The van der Waals surface area contributed by atoms with E-state index in [-0.39, 0.29) is 18.7 Å². The van der Waals surface area contributed by atoms with Crippen LogP contribution in [0.2, 0.25) is 0 Å². The molecular weight excluding hydrogens is 294 g/mol.